The Morgan fingerprint density at radius 3 is 1.07 bits per heavy atom. The number of nitrogens with zero attached hydrogens (tertiary/aromatic N) is 18. The molecule has 1 fully saturated rings. The van der Waals surface area contributed by atoms with E-state index in [1.54, 1.807) is 130 Å². The van der Waals surface area contributed by atoms with Crippen LogP contribution in [-0.2, 0) is 104 Å². The van der Waals surface area contributed by atoms with Gasteiger partial charge in [-0.15, -0.1) is 0 Å². The molecule has 4 amide bonds. The van der Waals surface area contributed by atoms with Crippen molar-refractivity contribution in [1.82, 2.24) is 83.8 Å². The van der Waals surface area contributed by atoms with Crippen molar-refractivity contribution in [1.29, 1.82) is 0 Å². The maximum Gasteiger partial charge on any atom is 0.266 e. The highest BCUT2D eigenvalue weighted by Gasteiger charge is 2.33. The van der Waals surface area contributed by atoms with Crippen molar-refractivity contribution in [2.45, 2.75) is 174 Å². The lowest BCUT2D eigenvalue weighted by Gasteiger charge is -2.34. The molecule has 13 aromatic rings. The standard InChI is InChI=1S/C24H21FN4O2.C22H27FN6O2.C21H23FN4O2.C20H21FN4O2/c1-15-10-18(8-9-19(15)25)20-11-22(17-6-4-3-5-7-17)29(27-20)14-24(30)28-12-21-23(13-28)31-16(2)26-21;1-4-5-18-13-20(17-6-7-19(23)15(2)12-17)25-29(18)14-21(30)27-8-10-28(11-9-27)22-24-16(3)31-26-22;1-4-5-16-9-18(15-6-7-17(22)13(2)8-15)24-26(16)12-21(27)25-10-19-20(11-25)28-14(3)23-19;1-4-15-8-17(14-5-6-16(21)12(2)7-14)23-25(15)11-20(26)24-9-18-19(10-24)27-13(3)22-18/h3-11H,12-14H2,1-2H3;6-7,12-13H,4-5,8-11,14H2,1-3H3;6-9H,4-5,10-12H2,1-3H3;5-8H,4,9-11H2,1-3H3. The van der Waals surface area contributed by atoms with Gasteiger partial charge in [-0.25, -0.2) is 32.5 Å². The van der Waals surface area contributed by atoms with Gasteiger partial charge in [0.25, 0.3) is 5.95 Å². The summed E-state index contributed by atoms with van der Waals surface area (Å²) in [5, 5.41) is 22.6. The van der Waals surface area contributed by atoms with Gasteiger partial charge in [0.2, 0.25) is 29.5 Å². The van der Waals surface area contributed by atoms with Gasteiger partial charge in [-0.2, -0.15) is 25.4 Å². The Balaban J connectivity index is 0.000000129. The average molecular weight is 1590 g/mol. The van der Waals surface area contributed by atoms with Crippen molar-refractivity contribution in [2.75, 3.05) is 31.1 Å². The van der Waals surface area contributed by atoms with Gasteiger partial charge in [-0.05, 0) is 177 Å². The number of fused-ring (bicyclic) bond motifs is 3. The molecule has 17 rings (SSSR count). The van der Waals surface area contributed by atoms with Crippen molar-refractivity contribution in [3.8, 4) is 56.3 Å². The first-order valence-electron chi connectivity index (χ1n) is 39.2. The molecule has 0 saturated carbocycles. The van der Waals surface area contributed by atoms with Gasteiger partial charge in [-0.1, -0.05) is 63.9 Å². The topological polar surface area (TPSA) is 273 Å². The molecular formula is C87H92F4N18O8. The SMILES string of the molecule is CCCc1cc(-c2ccc(F)c(C)c2)nn1CC(=O)N1CCN(c2noc(C)n2)CC1.CCCc1cc(-c2ccc(F)c(C)c2)nn1CC(=O)N1Cc2nc(C)oc2C1.CCc1cc(-c2ccc(F)c(C)c2)nn1CC(=O)N1Cc2nc(C)oc2C1.Cc1nc2c(o1)CN(C(=O)Cn1nc(-c3ccc(F)c(C)c3)cc1-c1ccccc1)C2. The summed E-state index contributed by atoms with van der Waals surface area (Å²) in [6, 6.07) is 37.5. The molecule has 4 aliphatic rings. The van der Waals surface area contributed by atoms with Crippen LogP contribution >= 0.6 is 0 Å². The summed E-state index contributed by atoms with van der Waals surface area (Å²) in [7, 11) is 0. The lowest BCUT2D eigenvalue weighted by atomic mass is 10.1. The quantitative estimate of drug-likeness (QED) is 0.0680. The van der Waals surface area contributed by atoms with Gasteiger partial charge in [-0.3, -0.25) is 37.9 Å². The number of carbonyl (C=O) groups excluding carboxylic acids is 4. The molecule has 26 nitrogen and oxygen atoms in total. The minimum atomic E-state index is -0.253. The summed E-state index contributed by atoms with van der Waals surface area (Å²) in [4.78, 5) is 77.8. The van der Waals surface area contributed by atoms with E-state index in [1.807, 2.05) is 78.2 Å². The fraction of sp³-hybridized carbons (Fsp3) is 0.345. The Bertz CT molecular complexity index is 5730. The Kier molecular flexibility index (Phi) is 24.2. The Hall–Kier alpha value is -12.9. The Labute approximate surface area is 673 Å². The van der Waals surface area contributed by atoms with E-state index in [0.717, 1.165) is 134 Å². The smallest absolute Gasteiger partial charge is 0.266 e. The summed E-state index contributed by atoms with van der Waals surface area (Å²) in [5.74, 6) is 4.23. The Morgan fingerprint density at radius 1 is 0.368 bits per heavy atom. The van der Waals surface area contributed by atoms with Crippen LogP contribution < -0.4 is 4.90 Å². The molecule has 12 heterocycles. The monoisotopic (exact) mass is 1590 g/mol. The van der Waals surface area contributed by atoms with Crippen LogP contribution in [0.25, 0.3) is 56.3 Å². The Morgan fingerprint density at radius 2 is 0.718 bits per heavy atom. The number of hydrogen-bond acceptors (Lipinski definition) is 18. The van der Waals surface area contributed by atoms with Gasteiger partial charge < -0.3 is 42.3 Å². The third-order valence-corrected chi connectivity index (χ3v) is 20.9. The first-order chi connectivity index (χ1) is 56.3. The summed E-state index contributed by atoms with van der Waals surface area (Å²) in [6.45, 7) is 26.1. The molecule has 117 heavy (non-hydrogen) atoms. The van der Waals surface area contributed by atoms with E-state index in [0.29, 0.717) is 123 Å². The molecule has 4 aliphatic heterocycles. The van der Waals surface area contributed by atoms with Gasteiger partial charge in [0.1, 0.15) is 83.8 Å². The van der Waals surface area contributed by atoms with Crippen molar-refractivity contribution < 1.29 is 54.5 Å². The van der Waals surface area contributed by atoms with Crippen LogP contribution in [0.4, 0.5) is 23.5 Å². The molecule has 0 N–H and O–H groups in total. The van der Waals surface area contributed by atoms with Crippen LogP contribution in [0.5, 0.6) is 0 Å². The first-order valence-corrected chi connectivity index (χ1v) is 39.2. The van der Waals surface area contributed by atoms with Crippen LogP contribution in [0.3, 0.4) is 0 Å². The number of oxazole rings is 3. The zero-order valence-corrected chi connectivity index (χ0v) is 67.4. The largest absolute Gasteiger partial charge is 0.444 e. The molecule has 0 aliphatic carbocycles. The van der Waals surface area contributed by atoms with Crippen molar-refractivity contribution in [3.05, 3.63) is 248 Å². The van der Waals surface area contributed by atoms with E-state index >= 15 is 0 Å². The molecule has 1 saturated heterocycles. The van der Waals surface area contributed by atoms with E-state index in [1.165, 1.54) is 24.3 Å². The highest BCUT2D eigenvalue weighted by atomic mass is 19.1. The van der Waals surface area contributed by atoms with Crippen molar-refractivity contribution >= 4 is 29.6 Å². The van der Waals surface area contributed by atoms with Crippen LogP contribution in [0.2, 0.25) is 0 Å². The van der Waals surface area contributed by atoms with Gasteiger partial charge >= 0.3 is 0 Å². The van der Waals surface area contributed by atoms with Gasteiger partial charge in [0.05, 0.1) is 67.7 Å². The molecule has 0 radical (unpaired) electrons. The predicted octanol–water partition coefficient (Wildman–Crippen LogP) is 14.7. The zero-order chi connectivity index (χ0) is 82.5. The van der Waals surface area contributed by atoms with Crippen LogP contribution in [0, 0.1) is 78.7 Å². The summed E-state index contributed by atoms with van der Waals surface area (Å²) < 4.78 is 83.2. The molecule has 0 atom stereocenters. The molecular weight excluding hydrogens is 1500 g/mol. The van der Waals surface area contributed by atoms with Crippen molar-refractivity contribution in [2.24, 2.45) is 0 Å². The lowest BCUT2D eigenvalue weighted by molar-refractivity contribution is -0.133. The highest BCUT2D eigenvalue weighted by molar-refractivity contribution is 5.80. The second-order valence-electron chi connectivity index (χ2n) is 29.7. The number of aryl methyl sites for hydroxylation is 11. The van der Waals surface area contributed by atoms with E-state index in [-0.39, 0.29) is 73.1 Å². The third kappa shape index (κ3) is 18.6. The number of amides is 4. The summed E-state index contributed by atoms with van der Waals surface area (Å²) in [5.41, 5.74) is 15.8. The summed E-state index contributed by atoms with van der Waals surface area (Å²) in [6.07, 6.45) is 4.29. The van der Waals surface area contributed by atoms with E-state index in [4.69, 9.17) is 22.9 Å². The summed E-state index contributed by atoms with van der Waals surface area (Å²) >= 11 is 0. The number of hydrogen-bond donors (Lipinski definition) is 0. The maximum atomic E-state index is 13.7. The normalized spacial score (nSPS) is 13.4. The number of anilines is 1. The second kappa shape index (κ2) is 35.1. The number of aromatic nitrogens is 13. The lowest BCUT2D eigenvalue weighted by Crippen LogP contribution is -2.50. The highest BCUT2D eigenvalue weighted by Crippen LogP contribution is 2.33. The number of halogens is 4. The first kappa shape index (κ1) is 80.7. The molecule has 0 bridgehead atoms. The van der Waals surface area contributed by atoms with Crippen molar-refractivity contribution in [3.63, 3.8) is 0 Å². The van der Waals surface area contributed by atoms with E-state index < -0.39 is 0 Å². The fourth-order valence-electron chi connectivity index (χ4n) is 14.7. The van der Waals surface area contributed by atoms with Gasteiger partial charge in [0.15, 0.2) is 17.7 Å². The van der Waals surface area contributed by atoms with Crippen LogP contribution in [0.15, 0.2) is 145 Å². The van der Waals surface area contributed by atoms with Crippen LogP contribution in [-0.4, -0.2) is 134 Å². The van der Waals surface area contributed by atoms with E-state index in [9.17, 15) is 36.7 Å². The average Bonchev–Trinajstić information content (AvgIpc) is 1.66. The molecule has 8 aromatic heterocycles. The van der Waals surface area contributed by atoms with Crippen LogP contribution in [0.1, 0.15) is 131 Å². The number of rotatable bonds is 19. The number of benzene rings is 5. The number of piperazine rings is 1. The molecule has 0 spiro atoms. The third-order valence-electron chi connectivity index (χ3n) is 20.9. The predicted molar refractivity (Wildman–Crippen MR) is 427 cm³/mol. The molecule has 30 heteroatoms. The van der Waals surface area contributed by atoms with E-state index in [2.05, 4.69) is 54.2 Å². The second-order valence-corrected chi connectivity index (χ2v) is 29.7. The molecule has 0 unspecified atom stereocenters. The minimum absolute atomic E-state index is 0.0202. The zero-order valence-electron chi connectivity index (χ0n) is 67.4. The fourth-order valence-corrected chi connectivity index (χ4v) is 14.7. The van der Waals surface area contributed by atoms with Gasteiger partial charge in [0, 0.05) is 93.2 Å². The molecule has 5 aromatic carbocycles. The minimum Gasteiger partial charge on any atom is -0.444 e. The maximum absolute atomic E-state index is 13.7. The number of carbonyl (C=O) groups is 4. The molecule has 606 valence electrons.